The molecule has 0 fully saturated rings. The van der Waals surface area contributed by atoms with Crippen LogP contribution in [0.2, 0.25) is 11.6 Å². The van der Waals surface area contributed by atoms with E-state index in [4.69, 9.17) is 10.2 Å². The van der Waals surface area contributed by atoms with Crippen LogP contribution in [-0.4, -0.2) is 9.04 Å². The molecule has 101 valence electrons. The molecule has 0 atom stereocenters. The Morgan fingerprint density at radius 3 is 2.11 bits per heavy atom. The second-order valence-electron chi connectivity index (χ2n) is 5.29. The van der Waals surface area contributed by atoms with Crippen LogP contribution in [0, 0.1) is 11.6 Å². The Hall–Kier alpha value is -0.783. The highest BCUT2D eigenvalue weighted by Gasteiger charge is 2.25. The largest absolute Gasteiger partial charge is 0.412 e. The lowest BCUT2D eigenvalue weighted by molar-refractivity contribution is 0.286. The molecule has 1 radical (unpaired) electrons. The number of hydrogen-bond acceptors (Lipinski definition) is 2. The highest BCUT2D eigenvalue weighted by atomic mass is 28.3. The van der Waals surface area contributed by atoms with Crippen LogP contribution in [0.25, 0.3) is 0 Å². The van der Waals surface area contributed by atoms with E-state index in [0.717, 1.165) is 12.1 Å². The Labute approximate surface area is 109 Å². The fourth-order valence-electron chi connectivity index (χ4n) is 1.41. The minimum absolute atomic E-state index is 0.0242. The molecule has 0 heterocycles. The molecule has 1 rings (SSSR count). The molecule has 0 amide bonds. The molecule has 0 unspecified atom stereocenters. The van der Waals surface area contributed by atoms with E-state index in [2.05, 4.69) is 20.8 Å². The van der Waals surface area contributed by atoms with Crippen molar-refractivity contribution in [3.8, 4) is 0 Å². The summed E-state index contributed by atoms with van der Waals surface area (Å²) in [5.41, 5.74) is 5.91. The van der Waals surface area contributed by atoms with Crippen molar-refractivity contribution in [2.75, 3.05) is 0 Å². The number of rotatable bonds is 4. The van der Waals surface area contributed by atoms with E-state index >= 15 is 0 Å². The van der Waals surface area contributed by atoms with Crippen molar-refractivity contribution in [3.05, 3.63) is 34.9 Å². The van der Waals surface area contributed by atoms with Crippen molar-refractivity contribution in [2.45, 2.75) is 45.5 Å². The maximum atomic E-state index is 13.7. The lowest BCUT2D eigenvalue weighted by Crippen LogP contribution is -2.26. The summed E-state index contributed by atoms with van der Waals surface area (Å²) in [4.78, 5) is 0. The van der Waals surface area contributed by atoms with Gasteiger partial charge in [0.05, 0.1) is 6.61 Å². The van der Waals surface area contributed by atoms with Crippen molar-refractivity contribution in [1.29, 1.82) is 0 Å². The number of halogens is 2. The van der Waals surface area contributed by atoms with Gasteiger partial charge in [0.25, 0.3) is 0 Å². The molecule has 1 aromatic rings. The molecule has 0 saturated heterocycles. The molecule has 0 saturated carbocycles. The summed E-state index contributed by atoms with van der Waals surface area (Å²) in [7, 11) is -1.09. The van der Waals surface area contributed by atoms with Gasteiger partial charge in [0.15, 0.2) is 0 Å². The standard InChI is InChI=1S/C13H20F2NOSi/c1-13(2,3)18(4)17-8-10-9(7-16)11(14)5-6-12(10)15/h5-6H,7-8,16H2,1-4H3. The lowest BCUT2D eigenvalue weighted by Gasteiger charge is -2.25. The summed E-state index contributed by atoms with van der Waals surface area (Å²) in [6.45, 7) is 8.30. The molecule has 2 nitrogen and oxygen atoms in total. The molecule has 2 N–H and O–H groups in total. The van der Waals surface area contributed by atoms with Gasteiger partial charge < -0.3 is 10.2 Å². The van der Waals surface area contributed by atoms with Gasteiger partial charge in [-0.3, -0.25) is 0 Å². The number of hydrogen-bond donors (Lipinski definition) is 1. The molecule has 1 aromatic carbocycles. The fraction of sp³-hybridized carbons (Fsp3) is 0.538. The Balaban J connectivity index is 2.88. The van der Waals surface area contributed by atoms with Gasteiger partial charge in [-0.05, 0) is 23.7 Å². The predicted octanol–water partition coefficient (Wildman–Crippen LogP) is 3.36. The predicted molar refractivity (Wildman–Crippen MR) is 70.4 cm³/mol. The van der Waals surface area contributed by atoms with Gasteiger partial charge >= 0.3 is 0 Å². The van der Waals surface area contributed by atoms with Crippen LogP contribution < -0.4 is 5.73 Å². The summed E-state index contributed by atoms with van der Waals surface area (Å²) >= 11 is 0. The molecule has 18 heavy (non-hydrogen) atoms. The van der Waals surface area contributed by atoms with Crippen LogP contribution in [0.1, 0.15) is 31.9 Å². The van der Waals surface area contributed by atoms with Gasteiger partial charge in [-0.15, -0.1) is 0 Å². The molecule has 0 aliphatic rings. The van der Waals surface area contributed by atoms with Crippen molar-refractivity contribution >= 4 is 9.04 Å². The number of benzene rings is 1. The lowest BCUT2D eigenvalue weighted by atomic mass is 10.1. The molecule has 0 aromatic heterocycles. The van der Waals surface area contributed by atoms with Gasteiger partial charge in [-0.25, -0.2) is 8.78 Å². The van der Waals surface area contributed by atoms with Gasteiger partial charge in [0, 0.05) is 17.7 Å². The van der Waals surface area contributed by atoms with Gasteiger partial charge in [0.1, 0.15) is 11.6 Å². The van der Waals surface area contributed by atoms with Gasteiger partial charge in [-0.2, -0.15) is 0 Å². The van der Waals surface area contributed by atoms with Crippen LogP contribution in [0.5, 0.6) is 0 Å². The third-order valence-electron chi connectivity index (χ3n) is 3.01. The number of nitrogens with two attached hydrogens (primary N) is 1. The van der Waals surface area contributed by atoms with Crippen LogP contribution in [-0.2, 0) is 17.6 Å². The van der Waals surface area contributed by atoms with Crippen LogP contribution in [0.15, 0.2) is 12.1 Å². The minimum Gasteiger partial charge on any atom is -0.412 e. The molecule has 0 bridgehead atoms. The first-order valence-corrected chi connectivity index (χ1v) is 7.81. The van der Waals surface area contributed by atoms with Crippen LogP contribution in [0.3, 0.4) is 0 Å². The van der Waals surface area contributed by atoms with Crippen LogP contribution in [0.4, 0.5) is 8.78 Å². The van der Waals surface area contributed by atoms with Gasteiger partial charge in [-0.1, -0.05) is 20.8 Å². The molecular formula is C13H20F2NOSi. The second kappa shape index (κ2) is 5.91. The quantitative estimate of drug-likeness (QED) is 0.853. The SMILES string of the molecule is C[Si](OCc1c(F)ccc(F)c1CN)C(C)(C)C. The smallest absolute Gasteiger partial charge is 0.214 e. The van der Waals surface area contributed by atoms with E-state index in [1.807, 2.05) is 6.55 Å². The monoisotopic (exact) mass is 272 g/mol. The first-order valence-electron chi connectivity index (χ1n) is 5.90. The molecule has 0 aliphatic heterocycles. The van der Waals surface area contributed by atoms with E-state index in [1.54, 1.807) is 0 Å². The van der Waals surface area contributed by atoms with Crippen molar-refractivity contribution in [3.63, 3.8) is 0 Å². The minimum atomic E-state index is -1.09. The third kappa shape index (κ3) is 3.60. The maximum absolute atomic E-state index is 13.7. The Morgan fingerprint density at radius 2 is 1.67 bits per heavy atom. The van der Waals surface area contributed by atoms with E-state index in [0.29, 0.717) is 0 Å². The average Bonchev–Trinajstić information content (AvgIpc) is 2.28. The summed E-state index contributed by atoms with van der Waals surface area (Å²) in [5.74, 6) is -0.932. The Morgan fingerprint density at radius 1 is 1.17 bits per heavy atom. The zero-order chi connectivity index (χ0) is 13.9. The average molecular weight is 272 g/mol. The Bertz CT molecular complexity index is 418. The molecule has 0 spiro atoms. The second-order valence-corrected chi connectivity index (χ2v) is 8.19. The Kier molecular flexibility index (Phi) is 5.01. The van der Waals surface area contributed by atoms with Crippen molar-refractivity contribution < 1.29 is 13.2 Å². The van der Waals surface area contributed by atoms with Crippen LogP contribution >= 0.6 is 0 Å². The highest BCUT2D eigenvalue weighted by molar-refractivity contribution is 6.53. The summed E-state index contributed by atoms with van der Waals surface area (Å²) in [5, 5.41) is 0.0529. The van der Waals surface area contributed by atoms with Crippen molar-refractivity contribution in [2.24, 2.45) is 5.73 Å². The maximum Gasteiger partial charge on any atom is 0.214 e. The topological polar surface area (TPSA) is 35.2 Å². The van der Waals surface area contributed by atoms with E-state index < -0.39 is 20.7 Å². The van der Waals surface area contributed by atoms with E-state index in [9.17, 15) is 8.78 Å². The van der Waals surface area contributed by atoms with Gasteiger partial charge in [0.2, 0.25) is 9.04 Å². The normalized spacial score (nSPS) is 12.2. The summed E-state index contributed by atoms with van der Waals surface area (Å²) in [6, 6.07) is 2.22. The first-order chi connectivity index (χ1) is 8.27. The summed E-state index contributed by atoms with van der Waals surface area (Å²) in [6.07, 6.45) is 0. The third-order valence-corrected chi connectivity index (χ3v) is 5.70. The van der Waals surface area contributed by atoms with E-state index in [-0.39, 0.29) is 29.3 Å². The molecule has 5 heteroatoms. The zero-order valence-electron chi connectivity index (χ0n) is 11.3. The molecular weight excluding hydrogens is 252 g/mol. The first kappa shape index (κ1) is 15.3. The zero-order valence-corrected chi connectivity index (χ0v) is 12.3. The van der Waals surface area contributed by atoms with E-state index in [1.165, 1.54) is 0 Å². The summed E-state index contributed by atoms with van der Waals surface area (Å²) < 4.78 is 32.9. The van der Waals surface area contributed by atoms with Crippen molar-refractivity contribution in [1.82, 2.24) is 0 Å². The highest BCUT2D eigenvalue weighted by Crippen LogP contribution is 2.28. The molecule has 0 aliphatic carbocycles. The fourth-order valence-corrected chi connectivity index (χ4v) is 2.20.